The van der Waals surface area contributed by atoms with Crippen LogP contribution in [0.25, 0.3) is 0 Å². The van der Waals surface area contributed by atoms with Gasteiger partial charge in [-0.2, -0.15) is 0 Å². The summed E-state index contributed by atoms with van der Waals surface area (Å²) in [5.74, 6) is 0.818. The molecule has 2 aliphatic rings. The number of nitrogens with one attached hydrogen (secondary N) is 1. The molecule has 0 aromatic carbocycles. The molecule has 0 spiro atoms. The van der Waals surface area contributed by atoms with Crippen molar-refractivity contribution in [2.75, 3.05) is 33.2 Å². The van der Waals surface area contributed by atoms with Gasteiger partial charge >= 0.3 is 0 Å². The summed E-state index contributed by atoms with van der Waals surface area (Å²) >= 11 is 0. The Morgan fingerprint density at radius 2 is 1.82 bits per heavy atom. The number of likely N-dealkylation sites (tertiary alicyclic amines) is 1. The number of rotatable bonds is 4. The van der Waals surface area contributed by atoms with Gasteiger partial charge < -0.3 is 15.3 Å². The molecule has 0 amide bonds. The van der Waals surface area contributed by atoms with E-state index >= 15 is 0 Å². The van der Waals surface area contributed by atoms with E-state index in [2.05, 4.69) is 17.3 Å². The summed E-state index contributed by atoms with van der Waals surface area (Å²) in [5.41, 5.74) is -0.399. The van der Waals surface area contributed by atoms with Crippen LogP contribution in [0.15, 0.2) is 0 Å². The molecule has 1 saturated carbocycles. The molecule has 2 N–H and O–H groups in total. The van der Waals surface area contributed by atoms with E-state index in [1.165, 1.54) is 45.2 Å². The molecule has 0 aromatic heterocycles. The molecule has 2 rings (SSSR count). The summed E-state index contributed by atoms with van der Waals surface area (Å²) in [4.78, 5) is 2.41. The third-order valence-corrected chi connectivity index (χ3v) is 4.51. The zero-order valence-electron chi connectivity index (χ0n) is 11.2. The van der Waals surface area contributed by atoms with Crippen molar-refractivity contribution in [3.63, 3.8) is 0 Å². The minimum Gasteiger partial charge on any atom is -0.389 e. The van der Waals surface area contributed by atoms with Crippen LogP contribution in [0, 0.1) is 5.92 Å². The third-order valence-electron chi connectivity index (χ3n) is 4.51. The first-order valence-electron chi connectivity index (χ1n) is 7.30. The molecule has 0 aromatic rings. The Balaban J connectivity index is 1.62. The molecule has 2 fully saturated rings. The molecular formula is C14H28N2O. The molecular weight excluding hydrogens is 212 g/mol. The standard InChI is InChI=1S/C14H28N2O/c1-16-9-5-13(6-10-16)11-15-12-14(17)7-3-2-4-8-14/h13,15,17H,2-12H2,1H3. The summed E-state index contributed by atoms with van der Waals surface area (Å²) < 4.78 is 0. The Bertz CT molecular complexity index is 218. The van der Waals surface area contributed by atoms with Crippen molar-refractivity contribution in [2.45, 2.75) is 50.5 Å². The van der Waals surface area contributed by atoms with Gasteiger partial charge in [-0.05, 0) is 58.3 Å². The number of nitrogens with zero attached hydrogens (tertiary/aromatic N) is 1. The van der Waals surface area contributed by atoms with E-state index < -0.39 is 5.60 Å². The average Bonchev–Trinajstić information content (AvgIpc) is 2.32. The molecule has 0 radical (unpaired) electrons. The van der Waals surface area contributed by atoms with Gasteiger partial charge in [0, 0.05) is 6.54 Å². The lowest BCUT2D eigenvalue weighted by Crippen LogP contribution is -2.44. The SMILES string of the molecule is CN1CCC(CNCC2(O)CCCCC2)CC1. The van der Waals surface area contributed by atoms with E-state index in [-0.39, 0.29) is 0 Å². The first-order chi connectivity index (χ1) is 8.18. The lowest BCUT2D eigenvalue weighted by atomic mass is 9.84. The summed E-state index contributed by atoms with van der Waals surface area (Å²) in [5, 5.41) is 13.9. The highest BCUT2D eigenvalue weighted by atomic mass is 16.3. The molecule has 1 aliphatic heterocycles. The largest absolute Gasteiger partial charge is 0.389 e. The van der Waals surface area contributed by atoms with Gasteiger partial charge in [-0.3, -0.25) is 0 Å². The van der Waals surface area contributed by atoms with Crippen molar-refractivity contribution in [1.82, 2.24) is 10.2 Å². The van der Waals surface area contributed by atoms with Crippen molar-refractivity contribution < 1.29 is 5.11 Å². The van der Waals surface area contributed by atoms with Gasteiger partial charge in [0.2, 0.25) is 0 Å². The second kappa shape index (κ2) is 6.17. The average molecular weight is 240 g/mol. The molecule has 3 nitrogen and oxygen atoms in total. The van der Waals surface area contributed by atoms with Gasteiger partial charge in [0.1, 0.15) is 0 Å². The van der Waals surface area contributed by atoms with E-state index in [1.54, 1.807) is 0 Å². The van der Waals surface area contributed by atoms with Gasteiger partial charge in [-0.15, -0.1) is 0 Å². The Labute approximate surface area is 106 Å². The predicted octanol–water partition coefficient (Wildman–Crippen LogP) is 1.61. The molecule has 0 bridgehead atoms. The normalized spacial score (nSPS) is 27.2. The fourth-order valence-electron chi connectivity index (χ4n) is 3.16. The third kappa shape index (κ3) is 4.23. The predicted molar refractivity (Wildman–Crippen MR) is 71.1 cm³/mol. The quantitative estimate of drug-likeness (QED) is 0.784. The van der Waals surface area contributed by atoms with Crippen LogP contribution in [0.2, 0.25) is 0 Å². The van der Waals surface area contributed by atoms with E-state index in [9.17, 15) is 5.11 Å². The highest BCUT2D eigenvalue weighted by Gasteiger charge is 2.28. The number of aliphatic hydroxyl groups is 1. The summed E-state index contributed by atoms with van der Waals surface area (Å²) in [7, 11) is 2.20. The van der Waals surface area contributed by atoms with Crippen LogP contribution < -0.4 is 5.32 Å². The minimum absolute atomic E-state index is 0.399. The van der Waals surface area contributed by atoms with Crippen LogP contribution in [0.3, 0.4) is 0 Å². The Morgan fingerprint density at radius 1 is 1.18 bits per heavy atom. The van der Waals surface area contributed by atoms with Gasteiger partial charge in [0.05, 0.1) is 5.60 Å². The maximum Gasteiger partial charge on any atom is 0.0771 e. The maximum absolute atomic E-state index is 10.4. The first kappa shape index (κ1) is 13.3. The lowest BCUT2D eigenvalue weighted by Gasteiger charge is -2.34. The van der Waals surface area contributed by atoms with E-state index in [1.807, 2.05) is 0 Å². The Kier molecular flexibility index (Phi) is 4.83. The van der Waals surface area contributed by atoms with Crippen LogP contribution >= 0.6 is 0 Å². The minimum atomic E-state index is -0.399. The zero-order chi connectivity index (χ0) is 12.1. The molecule has 100 valence electrons. The monoisotopic (exact) mass is 240 g/mol. The van der Waals surface area contributed by atoms with Crippen molar-refractivity contribution in [3.8, 4) is 0 Å². The Morgan fingerprint density at radius 3 is 2.47 bits per heavy atom. The van der Waals surface area contributed by atoms with E-state index in [4.69, 9.17) is 0 Å². The molecule has 1 aliphatic carbocycles. The van der Waals surface area contributed by atoms with Gasteiger partial charge in [-0.1, -0.05) is 19.3 Å². The second-order valence-electron chi connectivity index (χ2n) is 6.16. The van der Waals surface area contributed by atoms with Crippen LogP contribution in [-0.2, 0) is 0 Å². The summed E-state index contributed by atoms with van der Waals surface area (Å²) in [6.07, 6.45) is 8.31. The summed E-state index contributed by atoms with van der Waals surface area (Å²) in [6.45, 7) is 4.36. The zero-order valence-corrected chi connectivity index (χ0v) is 11.2. The first-order valence-corrected chi connectivity index (χ1v) is 7.30. The van der Waals surface area contributed by atoms with Gasteiger partial charge in [0.15, 0.2) is 0 Å². The second-order valence-corrected chi connectivity index (χ2v) is 6.16. The van der Waals surface area contributed by atoms with Crippen LogP contribution in [0.1, 0.15) is 44.9 Å². The Hall–Kier alpha value is -0.120. The smallest absolute Gasteiger partial charge is 0.0771 e. The fourth-order valence-corrected chi connectivity index (χ4v) is 3.16. The number of hydrogen-bond acceptors (Lipinski definition) is 3. The lowest BCUT2D eigenvalue weighted by molar-refractivity contribution is 0.00382. The van der Waals surface area contributed by atoms with Crippen LogP contribution in [-0.4, -0.2) is 48.8 Å². The van der Waals surface area contributed by atoms with Crippen molar-refractivity contribution in [3.05, 3.63) is 0 Å². The highest BCUT2D eigenvalue weighted by molar-refractivity contribution is 4.85. The van der Waals surface area contributed by atoms with E-state index in [0.29, 0.717) is 0 Å². The van der Waals surface area contributed by atoms with Gasteiger partial charge in [0.25, 0.3) is 0 Å². The number of piperidine rings is 1. The molecule has 1 heterocycles. The highest BCUT2D eigenvalue weighted by Crippen LogP contribution is 2.27. The fraction of sp³-hybridized carbons (Fsp3) is 1.00. The molecule has 17 heavy (non-hydrogen) atoms. The topological polar surface area (TPSA) is 35.5 Å². The van der Waals surface area contributed by atoms with E-state index in [0.717, 1.165) is 31.8 Å². The molecule has 3 heteroatoms. The summed E-state index contributed by atoms with van der Waals surface area (Å²) in [6, 6.07) is 0. The van der Waals surface area contributed by atoms with Crippen LogP contribution in [0.5, 0.6) is 0 Å². The molecule has 1 saturated heterocycles. The van der Waals surface area contributed by atoms with Crippen LogP contribution in [0.4, 0.5) is 0 Å². The van der Waals surface area contributed by atoms with Crippen molar-refractivity contribution in [2.24, 2.45) is 5.92 Å². The van der Waals surface area contributed by atoms with Crippen molar-refractivity contribution >= 4 is 0 Å². The maximum atomic E-state index is 10.4. The van der Waals surface area contributed by atoms with Crippen molar-refractivity contribution in [1.29, 1.82) is 0 Å². The number of hydrogen-bond donors (Lipinski definition) is 2. The molecule has 0 unspecified atom stereocenters. The van der Waals surface area contributed by atoms with Gasteiger partial charge in [-0.25, -0.2) is 0 Å². The molecule has 0 atom stereocenters.